The molecule has 0 aliphatic rings. The van der Waals surface area contributed by atoms with Crippen LogP contribution in [-0.4, -0.2) is 21.0 Å². The van der Waals surface area contributed by atoms with Crippen LogP contribution in [-0.2, 0) is 11.3 Å². The minimum atomic E-state index is -0.563. The molecular weight excluding hydrogens is 364 g/mol. The van der Waals surface area contributed by atoms with Crippen LogP contribution in [0.1, 0.15) is 5.56 Å². The second-order valence-electron chi connectivity index (χ2n) is 5.85. The van der Waals surface area contributed by atoms with Crippen molar-refractivity contribution in [1.29, 1.82) is 0 Å². The summed E-state index contributed by atoms with van der Waals surface area (Å²) in [5.41, 5.74) is 3.17. The predicted octanol–water partition coefficient (Wildman–Crippen LogP) is 5.03. The van der Waals surface area contributed by atoms with Gasteiger partial charge in [0.1, 0.15) is 18.1 Å². The lowest BCUT2D eigenvalue weighted by atomic mass is 10.1. The molecule has 1 amide bonds. The van der Waals surface area contributed by atoms with Crippen LogP contribution in [0.15, 0.2) is 67.0 Å². The smallest absolute Gasteiger partial charge is 0.413 e. The third-order valence-corrected chi connectivity index (χ3v) is 4.17. The molecule has 0 fully saturated rings. The molecule has 134 valence electrons. The average Bonchev–Trinajstić information content (AvgIpc) is 3.10. The normalized spacial score (nSPS) is 10.7. The molecule has 7 heteroatoms. The van der Waals surface area contributed by atoms with Crippen molar-refractivity contribution < 1.29 is 9.53 Å². The standard InChI is InChI=1S/C20H15ClN4O2/c21-14-9-15-16(11-23-19(15)22-10-14)17-7-4-8-18(24-17)25-20(26)27-12-13-5-2-1-3-6-13/h1-11H,12H2,(H,22,23)(H,24,25,26). The average molecular weight is 379 g/mol. The van der Waals surface area contributed by atoms with Gasteiger partial charge in [0.25, 0.3) is 0 Å². The number of hydrogen-bond acceptors (Lipinski definition) is 4. The van der Waals surface area contributed by atoms with Crippen molar-refractivity contribution >= 4 is 34.5 Å². The lowest BCUT2D eigenvalue weighted by Crippen LogP contribution is -2.14. The van der Waals surface area contributed by atoms with E-state index < -0.39 is 6.09 Å². The summed E-state index contributed by atoms with van der Waals surface area (Å²) in [4.78, 5) is 23.9. The second-order valence-corrected chi connectivity index (χ2v) is 6.28. The SMILES string of the molecule is O=C(Nc1cccc(-c2c[nH]c3ncc(Cl)cc23)n1)OCc1ccccc1. The van der Waals surface area contributed by atoms with Crippen molar-refractivity contribution in [2.45, 2.75) is 6.61 Å². The number of anilines is 1. The summed E-state index contributed by atoms with van der Waals surface area (Å²) in [7, 11) is 0. The molecular formula is C20H15ClN4O2. The zero-order valence-corrected chi connectivity index (χ0v) is 14.9. The van der Waals surface area contributed by atoms with Crippen molar-refractivity contribution in [3.05, 3.63) is 77.6 Å². The number of carbonyl (C=O) groups excluding carboxylic acids is 1. The second kappa shape index (κ2) is 7.47. The van der Waals surface area contributed by atoms with Gasteiger partial charge in [-0.05, 0) is 23.8 Å². The fraction of sp³-hybridized carbons (Fsp3) is 0.0500. The number of nitrogens with one attached hydrogen (secondary N) is 2. The molecule has 2 N–H and O–H groups in total. The highest BCUT2D eigenvalue weighted by atomic mass is 35.5. The maximum absolute atomic E-state index is 12.0. The van der Waals surface area contributed by atoms with Gasteiger partial charge in [0.2, 0.25) is 0 Å². The minimum Gasteiger partial charge on any atom is -0.444 e. The maximum Gasteiger partial charge on any atom is 0.413 e. The molecule has 0 atom stereocenters. The molecule has 3 aromatic heterocycles. The molecule has 0 unspecified atom stereocenters. The predicted molar refractivity (Wildman–Crippen MR) is 105 cm³/mol. The van der Waals surface area contributed by atoms with E-state index >= 15 is 0 Å². The highest BCUT2D eigenvalue weighted by Crippen LogP contribution is 2.28. The van der Waals surface area contributed by atoms with E-state index in [0.29, 0.717) is 16.5 Å². The van der Waals surface area contributed by atoms with Crippen LogP contribution in [0, 0.1) is 0 Å². The number of aromatic nitrogens is 3. The first-order valence-electron chi connectivity index (χ1n) is 8.27. The zero-order chi connectivity index (χ0) is 18.6. The number of pyridine rings is 2. The molecule has 0 saturated heterocycles. The summed E-state index contributed by atoms with van der Waals surface area (Å²) in [6.07, 6.45) is 2.83. The molecule has 27 heavy (non-hydrogen) atoms. The molecule has 6 nitrogen and oxygen atoms in total. The summed E-state index contributed by atoms with van der Waals surface area (Å²) in [6, 6.07) is 16.7. The van der Waals surface area contributed by atoms with E-state index in [1.807, 2.05) is 54.7 Å². The fourth-order valence-electron chi connectivity index (χ4n) is 2.71. The third kappa shape index (κ3) is 3.91. The first-order chi connectivity index (χ1) is 13.2. The number of halogens is 1. The largest absolute Gasteiger partial charge is 0.444 e. The van der Waals surface area contributed by atoms with Gasteiger partial charge in [0.15, 0.2) is 0 Å². The summed E-state index contributed by atoms with van der Waals surface area (Å²) in [6.45, 7) is 0.193. The van der Waals surface area contributed by atoms with E-state index in [1.165, 1.54) is 0 Å². The van der Waals surface area contributed by atoms with E-state index in [4.69, 9.17) is 16.3 Å². The van der Waals surface area contributed by atoms with E-state index in [2.05, 4.69) is 20.3 Å². The number of H-pyrrole nitrogens is 1. The van der Waals surface area contributed by atoms with Gasteiger partial charge in [-0.2, -0.15) is 0 Å². The number of ether oxygens (including phenoxy) is 1. The number of amides is 1. The van der Waals surface area contributed by atoms with Crippen LogP contribution in [0.3, 0.4) is 0 Å². The van der Waals surface area contributed by atoms with Crippen LogP contribution >= 0.6 is 11.6 Å². The monoisotopic (exact) mass is 378 g/mol. The number of rotatable bonds is 4. The summed E-state index contributed by atoms with van der Waals surface area (Å²) in [5, 5.41) is 4.05. The van der Waals surface area contributed by atoms with Crippen molar-refractivity contribution in [2.24, 2.45) is 0 Å². The molecule has 1 aromatic carbocycles. The van der Waals surface area contributed by atoms with Crippen LogP contribution < -0.4 is 5.32 Å². The van der Waals surface area contributed by atoms with Gasteiger partial charge >= 0.3 is 6.09 Å². The van der Waals surface area contributed by atoms with Crippen LogP contribution in [0.25, 0.3) is 22.3 Å². The van der Waals surface area contributed by atoms with E-state index in [-0.39, 0.29) is 6.61 Å². The van der Waals surface area contributed by atoms with Gasteiger partial charge in [0, 0.05) is 23.3 Å². The van der Waals surface area contributed by atoms with E-state index in [9.17, 15) is 4.79 Å². The van der Waals surface area contributed by atoms with Crippen molar-refractivity contribution in [3.63, 3.8) is 0 Å². The highest BCUT2D eigenvalue weighted by Gasteiger charge is 2.11. The lowest BCUT2D eigenvalue weighted by Gasteiger charge is -2.08. The van der Waals surface area contributed by atoms with Crippen molar-refractivity contribution in [1.82, 2.24) is 15.0 Å². The van der Waals surface area contributed by atoms with Crippen molar-refractivity contribution in [2.75, 3.05) is 5.32 Å². The Kier molecular flexibility index (Phi) is 4.72. The number of aromatic amines is 1. The van der Waals surface area contributed by atoms with Gasteiger partial charge in [-0.15, -0.1) is 0 Å². The number of nitrogens with zero attached hydrogens (tertiary/aromatic N) is 2. The lowest BCUT2D eigenvalue weighted by molar-refractivity contribution is 0.155. The topological polar surface area (TPSA) is 79.9 Å². The minimum absolute atomic E-state index is 0.193. The highest BCUT2D eigenvalue weighted by molar-refractivity contribution is 6.31. The Morgan fingerprint density at radius 2 is 2.00 bits per heavy atom. The van der Waals surface area contributed by atoms with Crippen LogP contribution in [0.5, 0.6) is 0 Å². The maximum atomic E-state index is 12.0. The van der Waals surface area contributed by atoms with Crippen LogP contribution in [0.4, 0.5) is 10.6 Å². The quantitative estimate of drug-likeness (QED) is 0.522. The molecule has 4 rings (SSSR count). The van der Waals surface area contributed by atoms with Gasteiger partial charge in [0.05, 0.1) is 10.7 Å². The van der Waals surface area contributed by atoms with Gasteiger partial charge < -0.3 is 9.72 Å². The van der Waals surface area contributed by atoms with E-state index in [1.54, 1.807) is 12.3 Å². The van der Waals surface area contributed by atoms with Gasteiger partial charge in [-0.3, -0.25) is 5.32 Å². The molecule has 3 heterocycles. The number of fused-ring (bicyclic) bond motifs is 1. The zero-order valence-electron chi connectivity index (χ0n) is 14.1. The summed E-state index contributed by atoms with van der Waals surface area (Å²) < 4.78 is 5.22. The Morgan fingerprint density at radius 3 is 2.85 bits per heavy atom. The first-order valence-corrected chi connectivity index (χ1v) is 8.64. The third-order valence-electron chi connectivity index (χ3n) is 3.97. The van der Waals surface area contributed by atoms with Gasteiger partial charge in [-0.25, -0.2) is 14.8 Å². The Bertz CT molecular complexity index is 1100. The first kappa shape index (κ1) is 17.1. The Morgan fingerprint density at radius 1 is 1.15 bits per heavy atom. The Balaban J connectivity index is 1.50. The number of carbonyl (C=O) groups is 1. The van der Waals surface area contributed by atoms with Crippen LogP contribution in [0.2, 0.25) is 5.02 Å². The number of hydrogen-bond donors (Lipinski definition) is 2. The Hall–Kier alpha value is -3.38. The van der Waals surface area contributed by atoms with E-state index in [0.717, 1.165) is 22.2 Å². The molecule has 0 aliphatic heterocycles. The fourth-order valence-corrected chi connectivity index (χ4v) is 2.87. The molecule has 0 spiro atoms. The molecule has 4 aromatic rings. The summed E-state index contributed by atoms with van der Waals surface area (Å²) in [5.74, 6) is 0.398. The van der Waals surface area contributed by atoms with Crippen molar-refractivity contribution in [3.8, 4) is 11.3 Å². The molecule has 0 aliphatic carbocycles. The molecule has 0 radical (unpaired) electrons. The number of benzene rings is 1. The molecule has 0 bridgehead atoms. The summed E-state index contributed by atoms with van der Waals surface area (Å²) >= 11 is 6.05. The molecule has 0 saturated carbocycles. The Labute approximate surface area is 160 Å². The van der Waals surface area contributed by atoms with Gasteiger partial charge in [-0.1, -0.05) is 48.0 Å².